The van der Waals surface area contributed by atoms with Gasteiger partial charge in [0.05, 0.1) is 17.6 Å². The number of nitrogens with zero attached hydrogens (tertiary/aromatic N) is 2. The highest BCUT2D eigenvalue weighted by molar-refractivity contribution is 7.99. The van der Waals surface area contributed by atoms with Crippen molar-refractivity contribution in [2.75, 3.05) is 53.9 Å². The van der Waals surface area contributed by atoms with E-state index in [1.165, 1.54) is 11.0 Å². The number of thioether (sulfide) groups is 1. The van der Waals surface area contributed by atoms with Crippen molar-refractivity contribution >= 4 is 39.3 Å². The van der Waals surface area contributed by atoms with Crippen molar-refractivity contribution in [3.63, 3.8) is 0 Å². The maximum absolute atomic E-state index is 14.8. The van der Waals surface area contributed by atoms with Crippen LogP contribution in [0.15, 0.2) is 12.1 Å². The highest BCUT2D eigenvalue weighted by Crippen LogP contribution is 2.42. The summed E-state index contributed by atoms with van der Waals surface area (Å²) in [5, 5.41) is 0. The summed E-state index contributed by atoms with van der Waals surface area (Å²) in [5.41, 5.74) is 0.739. The monoisotopic (exact) mass is 418 g/mol. The van der Waals surface area contributed by atoms with Crippen molar-refractivity contribution in [1.29, 1.82) is 0 Å². The first kappa shape index (κ1) is 18.6. The molecule has 0 aromatic heterocycles. The van der Waals surface area contributed by atoms with Gasteiger partial charge in [-0.2, -0.15) is 20.2 Å². The Morgan fingerprint density at radius 1 is 1.30 bits per heavy atom. The molecule has 8 nitrogen and oxygen atoms in total. The summed E-state index contributed by atoms with van der Waals surface area (Å²) in [6, 6.07) is 2.31. The summed E-state index contributed by atoms with van der Waals surface area (Å²) in [4.78, 5) is 15.6. The Morgan fingerprint density at radius 2 is 2.04 bits per heavy atom. The molecule has 0 saturated carbocycles. The van der Waals surface area contributed by atoms with Gasteiger partial charge in [0.1, 0.15) is 30.8 Å². The maximum atomic E-state index is 14.8. The number of halogens is 1. The first-order valence-electron chi connectivity index (χ1n) is 8.47. The number of hydrogen-bond donors (Lipinski definition) is 0. The number of cyclic esters (lactones) is 1. The first-order valence-corrected chi connectivity index (χ1v) is 11.4. The molecule has 148 valence electrons. The Morgan fingerprint density at radius 3 is 2.74 bits per heavy atom. The van der Waals surface area contributed by atoms with Crippen molar-refractivity contribution in [3.8, 4) is 5.75 Å². The Bertz CT molecular complexity index is 859. The van der Waals surface area contributed by atoms with Crippen LogP contribution in [0.1, 0.15) is 0 Å². The van der Waals surface area contributed by atoms with Crippen LogP contribution in [0.25, 0.3) is 0 Å². The number of anilines is 2. The Kier molecular flexibility index (Phi) is 4.85. The second kappa shape index (κ2) is 7.02. The molecule has 4 rings (SSSR count). The summed E-state index contributed by atoms with van der Waals surface area (Å²) >= 11 is 1.83. The zero-order chi connectivity index (χ0) is 19.2. The topological polar surface area (TPSA) is 85.4 Å². The third kappa shape index (κ3) is 3.67. The van der Waals surface area contributed by atoms with Crippen molar-refractivity contribution in [1.82, 2.24) is 0 Å². The Hall–Kier alpha value is -1.72. The van der Waals surface area contributed by atoms with E-state index in [4.69, 9.17) is 13.7 Å². The number of carbonyl (C=O) groups is 1. The van der Waals surface area contributed by atoms with Crippen LogP contribution in [0.2, 0.25) is 0 Å². The molecule has 11 heteroatoms. The molecular formula is C16H19FN2O6S2. The van der Waals surface area contributed by atoms with E-state index >= 15 is 0 Å². The fourth-order valence-corrected chi connectivity index (χ4v) is 4.70. The molecule has 0 N–H and O–H groups in total. The molecule has 0 bridgehead atoms. The quantitative estimate of drug-likeness (QED) is 0.679. The van der Waals surface area contributed by atoms with Crippen LogP contribution in [0, 0.1) is 5.82 Å². The van der Waals surface area contributed by atoms with Gasteiger partial charge in [-0.15, -0.1) is 0 Å². The Labute approximate surface area is 160 Å². The zero-order valence-electron chi connectivity index (χ0n) is 14.6. The lowest BCUT2D eigenvalue weighted by Gasteiger charge is -2.34. The van der Waals surface area contributed by atoms with E-state index in [9.17, 15) is 17.6 Å². The van der Waals surface area contributed by atoms with E-state index in [0.717, 1.165) is 30.9 Å². The number of amides is 1. The predicted octanol–water partition coefficient (Wildman–Crippen LogP) is 1.44. The van der Waals surface area contributed by atoms with Gasteiger partial charge in [-0.05, 0) is 0 Å². The molecule has 1 amide bonds. The van der Waals surface area contributed by atoms with Gasteiger partial charge in [0.15, 0.2) is 6.10 Å². The fraction of sp³-hybridized carbons (Fsp3) is 0.562. The van der Waals surface area contributed by atoms with Gasteiger partial charge in [0, 0.05) is 36.7 Å². The molecular weight excluding hydrogens is 399 g/mol. The van der Waals surface area contributed by atoms with Crippen LogP contribution >= 0.6 is 11.8 Å². The van der Waals surface area contributed by atoms with Crippen LogP contribution in [-0.2, 0) is 19.0 Å². The Balaban J connectivity index is 1.59. The minimum atomic E-state index is -3.67. The van der Waals surface area contributed by atoms with E-state index in [-0.39, 0.29) is 18.9 Å². The molecule has 0 unspecified atom stereocenters. The summed E-state index contributed by atoms with van der Waals surface area (Å²) in [6.45, 7) is 1.30. The van der Waals surface area contributed by atoms with Crippen molar-refractivity contribution < 1.29 is 31.3 Å². The number of ether oxygens (including phenoxy) is 2. The molecule has 2 saturated heterocycles. The van der Waals surface area contributed by atoms with Crippen molar-refractivity contribution in [2.45, 2.75) is 12.1 Å². The molecule has 1 aromatic carbocycles. The summed E-state index contributed by atoms with van der Waals surface area (Å²) in [5.74, 6) is 1.83. The molecule has 2 fully saturated rings. The fourth-order valence-electron chi connectivity index (χ4n) is 3.42. The normalized spacial score (nSPS) is 24.9. The third-order valence-electron chi connectivity index (χ3n) is 4.71. The van der Waals surface area contributed by atoms with Gasteiger partial charge in [-0.3, -0.25) is 9.08 Å². The summed E-state index contributed by atoms with van der Waals surface area (Å²) < 4.78 is 52.9. The molecule has 2 atom stereocenters. The molecule has 3 aliphatic heterocycles. The molecule has 0 spiro atoms. The number of benzene rings is 1. The summed E-state index contributed by atoms with van der Waals surface area (Å²) in [6.07, 6.45) is -0.570. The van der Waals surface area contributed by atoms with Crippen molar-refractivity contribution in [3.05, 3.63) is 17.9 Å². The van der Waals surface area contributed by atoms with E-state index < -0.39 is 34.2 Å². The van der Waals surface area contributed by atoms with Crippen molar-refractivity contribution in [2.24, 2.45) is 0 Å². The van der Waals surface area contributed by atoms with E-state index in [0.29, 0.717) is 11.4 Å². The SMILES string of the molecule is CS(=O)(=O)OC[C@@H]1OC(=O)N2c3cc(F)c(N4CCSCC4)cc3OC[C@@H]12. The molecule has 27 heavy (non-hydrogen) atoms. The van der Waals surface area contributed by atoms with Crippen LogP contribution < -0.4 is 14.5 Å². The number of fused-ring (bicyclic) bond motifs is 3. The third-order valence-corrected chi connectivity index (χ3v) is 6.21. The first-order chi connectivity index (χ1) is 12.8. The lowest BCUT2D eigenvalue weighted by Crippen LogP contribution is -2.46. The highest BCUT2D eigenvalue weighted by Gasteiger charge is 2.47. The average molecular weight is 418 g/mol. The molecule has 0 radical (unpaired) electrons. The van der Waals surface area contributed by atoms with Gasteiger partial charge in [0.25, 0.3) is 10.1 Å². The summed E-state index contributed by atoms with van der Waals surface area (Å²) in [7, 11) is -3.67. The van der Waals surface area contributed by atoms with Gasteiger partial charge in [-0.25, -0.2) is 9.18 Å². The van der Waals surface area contributed by atoms with Gasteiger partial charge >= 0.3 is 6.09 Å². The van der Waals surface area contributed by atoms with Crippen LogP contribution in [0.4, 0.5) is 20.6 Å². The molecule has 3 heterocycles. The van der Waals surface area contributed by atoms with Gasteiger partial charge in [-0.1, -0.05) is 0 Å². The predicted molar refractivity (Wildman–Crippen MR) is 98.8 cm³/mol. The second-order valence-electron chi connectivity index (χ2n) is 6.53. The molecule has 0 aliphatic carbocycles. The van der Waals surface area contributed by atoms with E-state index in [2.05, 4.69) is 0 Å². The number of carbonyl (C=O) groups excluding carboxylic acids is 1. The van der Waals surface area contributed by atoms with Crippen LogP contribution in [0.5, 0.6) is 5.75 Å². The van der Waals surface area contributed by atoms with Crippen LogP contribution in [-0.4, -0.2) is 70.7 Å². The molecule has 1 aromatic rings. The minimum absolute atomic E-state index is 0.109. The molecule has 3 aliphatic rings. The highest BCUT2D eigenvalue weighted by atomic mass is 32.2. The second-order valence-corrected chi connectivity index (χ2v) is 9.40. The van der Waals surface area contributed by atoms with Crippen LogP contribution in [0.3, 0.4) is 0 Å². The zero-order valence-corrected chi connectivity index (χ0v) is 16.2. The van der Waals surface area contributed by atoms with Gasteiger partial charge in [0.2, 0.25) is 0 Å². The van der Waals surface area contributed by atoms with Gasteiger partial charge < -0.3 is 14.4 Å². The number of rotatable bonds is 4. The van der Waals surface area contributed by atoms with E-state index in [1.807, 2.05) is 16.7 Å². The smallest absolute Gasteiger partial charge is 0.415 e. The average Bonchev–Trinajstić information content (AvgIpc) is 2.96. The lowest BCUT2D eigenvalue weighted by atomic mass is 10.1. The standard InChI is InChI=1S/C16H19FN2O6S2/c1-27(21,22)24-9-15-13-8-23-14-7-11(18-2-4-26-5-3-18)10(17)6-12(14)19(13)16(20)25-15/h6-7,13,15H,2-5,8-9H2,1H3/t13-,15-/m0/s1. The lowest BCUT2D eigenvalue weighted by molar-refractivity contribution is 0.0844. The largest absolute Gasteiger partial charge is 0.489 e. The van der Waals surface area contributed by atoms with E-state index in [1.54, 1.807) is 6.07 Å². The minimum Gasteiger partial charge on any atom is -0.489 e. The maximum Gasteiger partial charge on any atom is 0.415 e. The number of hydrogen-bond acceptors (Lipinski definition) is 8.